The van der Waals surface area contributed by atoms with Crippen LogP contribution in [-0.4, -0.2) is 17.5 Å². The number of hydrogen-bond donors (Lipinski definition) is 0. The first-order valence-electron chi connectivity index (χ1n) is 6.89. The molecule has 5 heteroatoms. The lowest BCUT2D eigenvalue weighted by molar-refractivity contribution is 0.0535. The molecule has 0 bridgehead atoms. The SMILES string of the molecule is O=C1OCc2cc3c(cc21)CN(c1cc(F)ccn1)CC3. The second kappa shape index (κ2) is 4.55. The van der Waals surface area contributed by atoms with Gasteiger partial charge >= 0.3 is 5.97 Å². The number of hydrogen-bond acceptors (Lipinski definition) is 4. The van der Waals surface area contributed by atoms with Crippen LogP contribution in [0, 0.1) is 5.82 Å². The Morgan fingerprint density at radius 2 is 2.10 bits per heavy atom. The Labute approximate surface area is 121 Å². The van der Waals surface area contributed by atoms with Crippen LogP contribution in [0.3, 0.4) is 0 Å². The lowest BCUT2D eigenvalue weighted by Gasteiger charge is -2.30. The van der Waals surface area contributed by atoms with Crippen LogP contribution in [-0.2, 0) is 24.3 Å². The Bertz CT molecular complexity index is 745. The van der Waals surface area contributed by atoms with Crippen LogP contribution >= 0.6 is 0 Å². The summed E-state index contributed by atoms with van der Waals surface area (Å²) in [5.74, 6) is 0.0841. The van der Waals surface area contributed by atoms with Crippen molar-refractivity contribution < 1.29 is 13.9 Å². The zero-order chi connectivity index (χ0) is 14.4. The average Bonchev–Trinajstić information content (AvgIpc) is 2.85. The monoisotopic (exact) mass is 284 g/mol. The van der Waals surface area contributed by atoms with Crippen molar-refractivity contribution >= 4 is 11.8 Å². The van der Waals surface area contributed by atoms with E-state index in [9.17, 15) is 9.18 Å². The normalized spacial score (nSPS) is 16.4. The van der Waals surface area contributed by atoms with Gasteiger partial charge in [0.1, 0.15) is 18.2 Å². The molecule has 0 aliphatic carbocycles. The van der Waals surface area contributed by atoms with Gasteiger partial charge in [0, 0.05) is 30.9 Å². The van der Waals surface area contributed by atoms with Crippen LogP contribution < -0.4 is 4.90 Å². The summed E-state index contributed by atoms with van der Waals surface area (Å²) in [5, 5.41) is 0. The maximum atomic E-state index is 13.3. The number of benzene rings is 1. The van der Waals surface area contributed by atoms with Crippen molar-refractivity contribution in [2.24, 2.45) is 0 Å². The number of fused-ring (bicyclic) bond motifs is 2. The Kier molecular flexibility index (Phi) is 2.67. The van der Waals surface area contributed by atoms with Crippen LogP contribution in [0.1, 0.15) is 27.0 Å². The second-order valence-electron chi connectivity index (χ2n) is 5.36. The summed E-state index contributed by atoms with van der Waals surface area (Å²) < 4.78 is 18.4. The Morgan fingerprint density at radius 3 is 2.95 bits per heavy atom. The van der Waals surface area contributed by atoms with E-state index in [0.717, 1.165) is 24.1 Å². The molecule has 0 spiro atoms. The van der Waals surface area contributed by atoms with Crippen LogP contribution in [0.25, 0.3) is 0 Å². The molecule has 2 aromatic rings. The number of cyclic esters (lactones) is 1. The molecule has 1 aromatic carbocycles. The number of carbonyl (C=O) groups excluding carboxylic acids is 1. The number of pyridine rings is 1. The Hall–Kier alpha value is -2.43. The number of ether oxygens (including phenoxy) is 1. The molecule has 0 unspecified atom stereocenters. The van der Waals surface area contributed by atoms with Gasteiger partial charge in [0.05, 0.1) is 5.56 Å². The van der Waals surface area contributed by atoms with E-state index < -0.39 is 0 Å². The van der Waals surface area contributed by atoms with Gasteiger partial charge in [-0.15, -0.1) is 0 Å². The van der Waals surface area contributed by atoms with Crippen molar-refractivity contribution in [1.29, 1.82) is 0 Å². The topological polar surface area (TPSA) is 42.4 Å². The maximum absolute atomic E-state index is 13.3. The van der Waals surface area contributed by atoms with Crippen molar-refractivity contribution in [2.45, 2.75) is 19.6 Å². The van der Waals surface area contributed by atoms with Gasteiger partial charge in [0.2, 0.25) is 0 Å². The predicted octanol–water partition coefficient (Wildman–Crippen LogP) is 2.45. The van der Waals surface area contributed by atoms with Gasteiger partial charge in [-0.2, -0.15) is 0 Å². The van der Waals surface area contributed by atoms with E-state index in [1.54, 1.807) is 0 Å². The smallest absolute Gasteiger partial charge is 0.338 e. The van der Waals surface area contributed by atoms with Gasteiger partial charge in [-0.1, -0.05) is 6.07 Å². The molecule has 2 aliphatic heterocycles. The summed E-state index contributed by atoms with van der Waals surface area (Å²) in [6, 6.07) is 6.74. The number of carbonyl (C=O) groups is 1. The molecule has 0 atom stereocenters. The molecule has 0 radical (unpaired) electrons. The number of rotatable bonds is 1. The largest absolute Gasteiger partial charge is 0.457 e. The van der Waals surface area contributed by atoms with Gasteiger partial charge in [-0.05, 0) is 29.7 Å². The third-order valence-electron chi connectivity index (χ3n) is 4.05. The van der Waals surface area contributed by atoms with Crippen LogP contribution in [0.15, 0.2) is 30.5 Å². The first-order valence-corrected chi connectivity index (χ1v) is 6.89. The highest BCUT2D eigenvalue weighted by Gasteiger charge is 2.26. The molecule has 1 aromatic heterocycles. The molecule has 0 saturated carbocycles. The highest BCUT2D eigenvalue weighted by Crippen LogP contribution is 2.29. The number of anilines is 1. The minimum Gasteiger partial charge on any atom is -0.457 e. The van der Waals surface area contributed by atoms with Crippen LogP contribution in [0.4, 0.5) is 10.2 Å². The number of aromatic nitrogens is 1. The van der Waals surface area contributed by atoms with Crippen molar-refractivity contribution in [3.05, 3.63) is 58.5 Å². The summed E-state index contributed by atoms with van der Waals surface area (Å²) in [7, 11) is 0. The van der Waals surface area contributed by atoms with Crippen molar-refractivity contribution in [2.75, 3.05) is 11.4 Å². The fourth-order valence-electron chi connectivity index (χ4n) is 2.95. The summed E-state index contributed by atoms with van der Waals surface area (Å²) >= 11 is 0. The van der Waals surface area contributed by atoms with Gasteiger partial charge in [-0.25, -0.2) is 14.2 Å². The first kappa shape index (κ1) is 12.3. The van der Waals surface area contributed by atoms with E-state index in [2.05, 4.69) is 11.1 Å². The van der Waals surface area contributed by atoms with E-state index in [1.807, 2.05) is 11.0 Å². The van der Waals surface area contributed by atoms with E-state index in [1.165, 1.54) is 23.9 Å². The zero-order valence-electron chi connectivity index (χ0n) is 11.3. The molecule has 0 saturated heterocycles. The van der Waals surface area contributed by atoms with Crippen LogP contribution in [0.2, 0.25) is 0 Å². The minimum absolute atomic E-state index is 0.256. The van der Waals surface area contributed by atoms with Crippen molar-refractivity contribution in [3.8, 4) is 0 Å². The average molecular weight is 284 g/mol. The highest BCUT2D eigenvalue weighted by atomic mass is 19.1. The zero-order valence-corrected chi connectivity index (χ0v) is 11.3. The Morgan fingerprint density at radius 1 is 1.19 bits per heavy atom. The van der Waals surface area contributed by atoms with Crippen molar-refractivity contribution in [1.82, 2.24) is 4.98 Å². The highest BCUT2D eigenvalue weighted by molar-refractivity contribution is 5.93. The lowest BCUT2D eigenvalue weighted by Crippen LogP contribution is -2.31. The molecule has 0 amide bonds. The van der Waals surface area contributed by atoms with Crippen molar-refractivity contribution in [3.63, 3.8) is 0 Å². The molecule has 4 rings (SSSR count). The predicted molar refractivity (Wildman–Crippen MR) is 74.5 cm³/mol. The molecule has 3 heterocycles. The first-order chi connectivity index (χ1) is 10.2. The summed E-state index contributed by atoms with van der Waals surface area (Å²) in [6.45, 7) is 1.79. The standard InChI is InChI=1S/C16H13FN2O2/c17-13-1-3-18-15(7-13)19-4-2-10-5-12-9-21-16(20)14(12)6-11(10)8-19/h1,3,5-7H,2,4,8-9H2. The summed E-state index contributed by atoms with van der Waals surface area (Å²) in [4.78, 5) is 17.9. The van der Waals surface area contributed by atoms with Gasteiger partial charge < -0.3 is 9.64 Å². The molecule has 0 N–H and O–H groups in total. The second-order valence-corrected chi connectivity index (χ2v) is 5.36. The number of esters is 1. The summed E-state index contributed by atoms with van der Waals surface area (Å²) in [5.41, 5.74) is 3.95. The third kappa shape index (κ3) is 2.05. The molecule has 4 nitrogen and oxygen atoms in total. The molecule has 21 heavy (non-hydrogen) atoms. The Balaban J connectivity index is 1.69. The third-order valence-corrected chi connectivity index (χ3v) is 4.05. The number of halogens is 1. The van der Waals surface area contributed by atoms with Gasteiger partial charge in [0.25, 0.3) is 0 Å². The molecule has 0 fully saturated rings. The van der Waals surface area contributed by atoms with Crippen LogP contribution in [0.5, 0.6) is 0 Å². The molecular formula is C16H13FN2O2. The van der Waals surface area contributed by atoms with E-state index in [4.69, 9.17) is 4.74 Å². The summed E-state index contributed by atoms with van der Waals surface area (Å²) in [6.07, 6.45) is 2.33. The lowest BCUT2D eigenvalue weighted by atomic mass is 9.94. The minimum atomic E-state index is -0.289. The fraction of sp³-hybridized carbons (Fsp3) is 0.250. The molecule has 2 aliphatic rings. The van der Waals surface area contributed by atoms with Gasteiger partial charge in [0.15, 0.2) is 0 Å². The van der Waals surface area contributed by atoms with Gasteiger partial charge in [-0.3, -0.25) is 0 Å². The molecule has 106 valence electrons. The quantitative estimate of drug-likeness (QED) is 0.754. The van der Waals surface area contributed by atoms with E-state index in [0.29, 0.717) is 24.5 Å². The fourth-order valence-corrected chi connectivity index (χ4v) is 2.95. The van der Waals surface area contributed by atoms with E-state index >= 15 is 0 Å². The number of nitrogens with zero attached hydrogens (tertiary/aromatic N) is 2. The maximum Gasteiger partial charge on any atom is 0.338 e. The molecular weight excluding hydrogens is 271 g/mol. The van der Waals surface area contributed by atoms with E-state index in [-0.39, 0.29) is 11.8 Å².